The van der Waals surface area contributed by atoms with Crippen molar-refractivity contribution >= 4 is 18.0 Å². The van der Waals surface area contributed by atoms with Crippen molar-refractivity contribution in [2.24, 2.45) is 0 Å². The van der Waals surface area contributed by atoms with Gasteiger partial charge in [-0.15, -0.1) is 0 Å². The van der Waals surface area contributed by atoms with Crippen molar-refractivity contribution in [2.75, 3.05) is 0 Å². The van der Waals surface area contributed by atoms with E-state index >= 15 is 0 Å². The average Bonchev–Trinajstić information content (AvgIpc) is 2.87. The molecule has 1 aliphatic heterocycles. The summed E-state index contributed by atoms with van der Waals surface area (Å²) in [7, 11) is 0. The van der Waals surface area contributed by atoms with E-state index in [-0.39, 0.29) is 26.0 Å². The summed E-state index contributed by atoms with van der Waals surface area (Å²) in [5, 5.41) is 12.3. The fourth-order valence-electron chi connectivity index (χ4n) is 4.07. The molecule has 3 aromatic rings. The largest absolute Gasteiger partial charge is 0.480 e. The first-order chi connectivity index (χ1) is 16.5. The molecule has 0 fully saturated rings. The quantitative estimate of drug-likeness (QED) is 0.564. The summed E-state index contributed by atoms with van der Waals surface area (Å²) in [5.41, 5.74) is 3.51. The number of aliphatic carboxylic acids is 1. The second-order valence-corrected chi connectivity index (χ2v) is 8.25. The minimum Gasteiger partial charge on any atom is -0.480 e. The van der Waals surface area contributed by atoms with Gasteiger partial charge in [0.2, 0.25) is 5.91 Å². The Hall–Kier alpha value is -4.13. The van der Waals surface area contributed by atoms with Gasteiger partial charge < -0.3 is 15.2 Å². The molecule has 0 saturated heterocycles. The third-order valence-corrected chi connectivity index (χ3v) is 5.89. The fraction of sp³-hybridized carbons (Fsp3) is 0.222. The Balaban J connectivity index is 1.51. The van der Waals surface area contributed by atoms with Gasteiger partial charge >= 0.3 is 12.1 Å². The van der Waals surface area contributed by atoms with Crippen LogP contribution in [0.5, 0.6) is 0 Å². The number of rotatable bonds is 7. The average molecular weight is 459 g/mol. The first-order valence-corrected chi connectivity index (χ1v) is 11.1. The molecule has 1 aliphatic rings. The molecular formula is C27H26N2O5. The Kier molecular flexibility index (Phi) is 7.22. The highest BCUT2D eigenvalue weighted by atomic mass is 16.6. The van der Waals surface area contributed by atoms with Crippen molar-refractivity contribution in [1.29, 1.82) is 0 Å². The van der Waals surface area contributed by atoms with Crippen LogP contribution in [0.25, 0.3) is 0 Å². The maximum atomic E-state index is 13.3. The van der Waals surface area contributed by atoms with Crippen LogP contribution in [0.15, 0.2) is 84.9 Å². The van der Waals surface area contributed by atoms with E-state index in [2.05, 4.69) is 5.32 Å². The third kappa shape index (κ3) is 5.61. The van der Waals surface area contributed by atoms with Crippen molar-refractivity contribution in [3.05, 3.63) is 107 Å². The standard InChI is InChI=1S/C27H26N2O5/c30-25(28-23(26(31)32)15-19-9-3-1-4-10-19)24-16-21-13-7-8-14-22(21)17-29(24)27(33)34-18-20-11-5-2-6-12-20/h1-14,23-24H,15-18H2,(H,28,30)(H,31,32)/t23-,24-/m0/s1. The van der Waals surface area contributed by atoms with Crippen LogP contribution in [0, 0.1) is 0 Å². The zero-order valence-electron chi connectivity index (χ0n) is 18.6. The van der Waals surface area contributed by atoms with Gasteiger partial charge in [-0.1, -0.05) is 84.9 Å². The lowest BCUT2D eigenvalue weighted by molar-refractivity contribution is -0.142. The number of hydrogen-bond acceptors (Lipinski definition) is 4. The van der Waals surface area contributed by atoms with Crippen molar-refractivity contribution in [3.63, 3.8) is 0 Å². The SMILES string of the molecule is O=C(O)[C@H](Cc1ccccc1)NC(=O)[C@@H]1Cc2ccccc2CN1C(=O)OCc1ccccc1. The molecule has 0 radical (unpaired) electrons. The number of carbonyl (C=O) groups is 3. The topological polar surface area (TPSA) is 95.9 Å². The summed E-state index contributed by atoms with van der Waals surface area (Å²) in [6, 6.07) is 24.0. The fourth-order valence-corrected chi connectivity index (χ4v) is 4.07. The van der Waals surface area contributed by atoms with E-state index in [1.807, 2.05) is 84.9 Å². The minimum absolute atomic E-state index is 0.0813. The predicted molar refractivity (Wildman–Crippen MR) is 126 cm³/mol. The van der Waals surface area contributed by atoms with Gasteiger partial charge in [0.25, 0.3) is 0 Å². The maximum Gasteiger partial charge on any atom is 0.411 e. The Bertz CT molecular complexity index is 1150. The van der Waals surface area contributed by atoms with E-state index < -0.39 is 30.1 Å². The lowest BCUT2D eigenvalue weighted by Gasteiger charge is -2.35. The van der Waals surface area contributed by atoms with Crippen LogP contribution in [0.4, 0.5) is 4.79 Å². The van der Waals surface area contributed by atoms with E-state index in [0.717, 1.165) is 22.3 Å². The lowest BCUT2D eigenvalue weighted by Crippen LogP contribution is -2.56. The lowest BCUT2D eigenvalue weighted by atomic mass is 9.93. The van der Waals surface area contributed by atoms with Gasteiger partial charge in [-0.25, -0.2) is 9.59 Å². The molecule has 0 saturated carbocycles. The molecular weight excluding hydrogens is 432 g/mol. The predicted octanol–water partition coefficient (Wildman–Crippen LogP) is 3.56. The normalized spacial score (nSPS) is 15.6. The number of ether oxygens (including phenoxy) is 1. The van der Waals surface area contributed by atoms with Crippen LogP contribution >= 0.6 is 0 Å². The first-order valence-electron chi connectivity index (χ1n) is 11.1. The first kappa shape index (κ1) is 23.0. The van der Waals surface area contributed by atoms with E-state index in [1.54, 1.807) is 0 Å². The van der Waals surface area contributed by atoms with Crippen LogP contribution in [0.1, 0.15) is 22.3 Å². The number of fused-ring (bicyclic) bond motifs is 1. The highest BCUT2D eigenvalue weighted by molar-refractivity contribution is 5.90. The van der Waals surface area contributed by atoms with Crippen molar-refractivity contribution in [3.8, 4) is 0 Å². The number of hydrogen-bond donors (Lipinski definition) is 2. The van der Waals surface area contributed by atoms with Gasteiger partial charge in [0.05, 0.1) is 6.54 Å². The Morgan fingerprint density at radius 3 is 2.12 bits per heavy atom. The van der Waals surface area contributed by atoms with Crippen LogP contribution < -0.4 is 5.32 Å². The summed E-state index contributed by atoms with van der Waals surface area (Å²) in [6.45, 7) is 0.288. The molecule has 0 aliphatic carbocycles. The number of carboxylic acids is 1. The van der Waals surface area contributed by atoms with E-state index in [0.29, 0.717) is 0 Å². The van der Waals surface area contributed by atoms with Crippen molar-refractivity contribution in [2.45, 2.75) is 38.1 Å². The third-order valence-electron chi connectivity index (χ3n) is 5.89. The number of carbonyl (C=O) groups excluding carboxylic acids is 2. The number of nitrogens with zero attached hydrogens (tertiary/aromatic N) is 1. The molecule has 3 aromatic carbocycles. The van der Waals surface area contributed by atoms with Gasteiger partial charge in [-0.05, 0) is 22.3 Å². The Labute approximate surface area is 198 Å². The van der Waals surface area contributed by atoms with Crippen molar-refractivity contribution in [1.82, 2.24) is 10.2 Å². The zero-order valence-corrected chi connectivity index (χ0v) is 18.6. The highest BCUT2D eigenvalue weighted by Gasteiger charge is 2.37. The van der Waals surface area contributed by atoms with E-state index in [9.17, 15) is 19.5 Å². The number of benzene rings is 3. The maximum absolute atomic E-state index is 13.3. The number of nitrogens with one attached hydrogen (secondary N) is 1. The molecule has 2 amide bonds. The van der Waals surface area contributed by atoms with Crippen LogP contribution in [-0.2, 0) is 40.3 Å². The molecule has 34 heavy (non-hydrogen) atoms. The molecule has 2 N–H and O–H groups in total. The molecule has 0 spiro atoms. The molecule has 7 heteroatoms. The summed E-state index contributed by atoms with van der Waals surface area (Å²) in [5.74, 6) is -1.65. The van der Waals surface area contributed by atoms with Crippen LogP contribution in [0.3, 0.4) is 0 Å². The van der Waals surface area contributed by atoms with Gasteiger partial charge in [-0.2, -0.15) is 0 Å². The Morgan fingerprint density at radius 1 is 0.882 bits per heavy atom. The molecule has 7 nitrogen and oxygen atoms in total. The second-order valence-electron chi connectivity index (χ2n) is 8.25. The van der Waals surface area contributed by atoms with Gasteiger partial charge in [0, 0.05) is 12.8 Å². The summed E-state index contributed by atoms with van der Waals surface area (Å²) in [6.07, 6.45) is -0.197. The second kappa shape index (κ2) is 10.7. The van der Waals surface area contributed by atoms with E-state index in [4.69, 9.17) is 4.74 Å². The zero-order chi connectivity index (χ0) is 23.9. The monoisotopic (exact) mass is 458 g/mol. The van der Waals surface area contributed by atoms with Gasteiger partial charge in [-0.3, -0.25) is 9.69 Å². The highest BCUT2D eigenvalue weighted by Crippen LogP contribution is 2.25. The number of amides is 2. The molecule has 0 unspecified atom stereocenters. The summed E-state index contributed by atoms with van der Waals surface area (Å²) < 4.78 is 5.50. The van der Waals surface area contributed by atoms with Crippen LogP contribution in [-0.4, -0.2) is 40.1 Å². The van der Waals surface area contributed by atoms with E-state index in [1.165, 1.54) is 4.90 Å². The van der Waals surface area contributed by atoms with Gasteiger partial charge in [0.15, 0.2) is 0 Å². The number of carboxylic acid groups (broad SMARTS) is 1. The molecule has 4 rings (SSSR count). The molecule has 0 aromatic heterocycles. The van der Waals surface area contributed by atoms with Crippen LogP contribution in [0.2, 0.25) is 0 Å². The van der Waals surface area contributed by atoms with Gasteiger partial charge in [0.1, 0.15) is 18.7 Å². The minimum atomic E-state index is -1.13. The smallest absolute Gasteiger partial charge is 0.411 e. The molecule has 174 valence electrons. The van der Waals surface area contributed by atoms with Crippen molar-refractivity contribution < 1.29 is 24.2 Å². The molecule has 1 heterocycles. The summed E-state index contributed by atoms with van der Waals surface area (Å²) in [4.78, 5) is 39.5. The molecule has 0 bridgehead atoms. The Morgan fingerprint density at radius 2 is 1.47 bits per heavy atom. The summed E-state index contributed by atoms with van der Waals surface area (Å²) >= 11 is 0. The molecule has 2 atom stereocenters.